The average Bonchev–Trinajstić information content (AvgIpc) is 3.25. The molecule has 0 unspecified atom stereocenters. The number of benzene rings is 1. The lowest BCUT2D eigenvalue weighted by molar-refractivity contribution is -0.137. The van der Waals surface area contributed by atoms with Gasteiger partial charge in [-0.2, -0.15) is 5.10 Å². The van der Waals surface area contributed by atoms with E-state index in [1.807, 2.05) is 24.8 Å². The highest BCUT2D eigenvalue weighted by Crippen LogP contribution is 2.36. The van der Waals surface area contributed by atoms with Gasteiger partial charge in [0.1, 0.15) is 11.9 Å². The van der Waals surface area contributed by atoms with Gasteiger partial charge in [-0.1, -0.05) is 0 Å². The van der Waals surface area contributed by atoms with Gasteiger partial charge in [-0.3, -0.25) is 4.79 Å². The van der Waals surface area contributed by atoms with E-state index in [0.717, 1.165) is 11.4 Å². The van der Waals surface area contributed by atoms with Gasteiger partial charge in [-0.15, -0.1) is 0 Å². The zero-order valence-corrected chi connectivity index (χ0v) is 14.0. The summed E-state index contributed by atoms with van der Waals surface area (Å²) in [5.41, 5.74) is 1.57. The summed E-state index contributed by atoms with van der Waals surface area (Å²) in [5, 5.41) is 4.33. The first-order chi connectivity index (χ1) is 11.7. The molecule has 6 heteroatoms. The summed E-state index contributed by atoms with van der Waals surface area (Å²) in [6.45, 7) is 5.90. The van der Waals surface area contributed by atoms with E-state index in [1.54, 1.807) is 23.0 Å². The third-order valence-electron chi connectivity index (χ3n) is 4.52. The maximum absolute atomic E-state index is 13.2. The molecule has 1 amide bonds. The molecule has 1 aliphatic heterocycles. The van der Waals surface area contributed by atoms with Crippen molar-refractivity contribution >= 4 is 5.91 Å². The number of carbonyl (C=O) groups is 1. The molecule has 0 aliphatic carbocycles. The van der Waals surface area contributed by atoms with E-state index < -0.39 is 0 Å². The Morgan fingerprint density at radius 2 is 2.00 bits per heavy atom. The molecule has 128 valence electrons. The molecular formula is C18H22FN3O2. The van der Waals surface area contributed by atoms with E-state index >= 15 is 0 Å². The SMILES string of the molecule is CCN(CC)C(=O)[C@H]1CCO[C@@H]1c1ccnn1-c1ccc(F)cc1. The van der Waals surface area contributed by atoms with E-state index in [1.165, 1.54) is 12.1 Å². The van der Waals surface area contributed by atoms with Crippen LogP contribution in [-0.2, 0) is 9.53 Å². The second-order valence-corrected chi connectivity index (χ2v) is 5.84. The monoisotopic (exact) mass is 331 g/mol. The molecule has 1 aromatic heterocycles. The third-order valence-corrected chi connectivity index (χ3v) is 4.52. The quantitative estimate of drug-likeness (QED) is 0.846. The molecule has 5 nitrogen and oxygen atoms in total. The summed E-state index contributed by atoms with van der Waals surface area (Å²) in [5.74, 6) is -0.380. The van der Waals surface area contributed by atoms with Crippen molar-refractivity contribution in [2.75, 3.05) is 19.7 Å². The van der Waals surface area contributed by atoms with Crippen molar-refractivity contribution in [2.24, 2.45) is 5.92 Å². The van der Waals surface area contributed by atoms with E-state index in [0.29, 0.717) is 26.1 Å². The Kier molecular flexibility index (Phi) is 4.94. The van der Waals surface area contributed by atoms with Crippen LogP contribution >= 0.6 is 0 Å². The van der Waals surface area contributed by atoms with Crippen LogP contribution < -0.4 is 0 Å². The molecule has 1 aliphatic rings. The Hall–Kier alpha value is -2.21. The van der Waals surface area contributed by atoms with Gasteiger partial charge in [-0.05, 0) is 50.6 Å². The molecule has 2 heterocycles. The number of hydrogen-bond acceptors (Lipinski definition) is 3. The van der Waals surface area contributed by atoms with Gasteiger partial charge in [0.2, 0.25) is 5.91 Å². The van der Waals surface area contributed by atoms with Crippen molar-refractivity contribution < 1.29 is 13.9 Å². The van der Waals surface area contributed by atoms with Crippen LogP contribution in [-0.4, -0.2) is 40.3 Å². The van der Waals surface area contributed by atoms with Gasteiger partial charge in [0.15, 0.2) is 0 Å². The fourth-order valence-corrected chi connectivity index (χ4v) is 3.23. The normalized spacial score (nSPS) is 20.3. The number of aromatic nitrogens is 2. The van der Waals surface area contributed by atoms with Crippen molar-refractivity contribution in [2.45, 2.75) is 26.4 Å². The van der Waals surface area contributed by atoms with E-state index in [9.17, 15) is 9.18 Å². The number of nitrogens with zero attached hydrogens (tertiary/aromatic N) is 3. The van der Waals surface area contributed by atoms with E-state index in [-0.39, 0.29) is 23.7 Å². The van der Waals surface area contributed by atoms with Crippen LogP contribution in [0.15, 0.2) is 36.5 Å². The van der Waals surface area contributed by atoms with Gasteiger partial charge < -0.3 is 9.64 Å². The Labute approximate surface area is 141 Å². The molecular weight excluding hydrogens is 309 g/mol. The Morgan fingerprint density at radius 3 is 2.67 bits per heavy atom. The number of amides is 1. The maximum atomic E-state index is 13.2. The summed E-state index contributed by atoms with van der Waals surface area (Å²) in [6.07, 6.45) is 2.05. The van der Waals surface area contributed by atoms with E-state index in [2.05, 4.69) is 5.10 Å². The first-order valence-corrected chi connectivity index (χ1v) is 8.36. The first-order valence-electron chi connectivity index (χ1n) is 8.36. The third kappa shape index (κ3) is 3.06. The Balaban J connectivity index is 1.90. The predicted molar refractivity (Wildman–Crippen MR) is 88.3 cm³/mol. The molecule has 0 radical (unpaired) electrons. The molecule has 1 fully saturated rings. The van der Waals surface area contributed by atoms with Crippen LogP contribution in [0.4, 0.5) is 4.39 Å². The van der Waals surface area contributed by atoms with Crippen molar-refractivity contribution in [3.8, 4) is 5.69 Å². The highest BCUT2D eigenvalue weighted by Gasteiger charge is 2.38. The zero-order chi connectivity index (χ0) is 17.1. The molecule has 0 bridgehead atoms. The number of halogens is 1. The van der Waals surface area contributed by atoms with Crippen LogP contribution in [0, 0.1) is 11.7 Å². The van der Waals surface area contributed by atoms with Gasteiger partial charge >= 0.3 is 0 Å². The van der Waals surface area contributed by atoms with Crippen LogP contribution in [0.3, 0.4) is 0 Å². The van der Waals surface area contributed by atoms with Gasteiger partial charge in [-0.25, -0.2) is 9.07 Å². The van der Waals surface area contributed by atoms with Crippen molar-refractivity contribution in [1.29, 1.82) is 0 Å². The predicted octanol–water partition coefficient (Wildman–Crippen LogP) is 2.96. The molecule has 3 rings (SSSR count). The summed E-state index contributed by atoms with van der Waals surface area (Å²) in [7, 11) is 0. The summed E-state index contributed by atoms with van der Waals surface area (Å²) >= 11 is 0. The van der Waals surface area contributed by atoms with E-state index in [4.69, 9.17) is 4.74 Å². The number of rotatable bonds is 5. The average molecular weight is 331 g/mol. The Morgan fingerprint density at radius 1 is 1.29 bits per heavy atom. The minimum Gasteiger partial charge on any atom is -0.371 e. The summed E-state index contributed by atoms with van der Waals surface area (Å²) < 4.78 is 20.8. The number of carbonyl (C=O) groups excluding carboxylic acids is 1. The first kappa shape index (κ1) is 16.6. The fraction of sp³-hybridized carbons (Fsp3) is 0.444. The van der Waals surface area contributed by atoms with Gasteiger partial charge in [0.25, 0.3) is 0 Å². The van der Waals surface area contributed by atoms with Gasteiger partial charge in [0, 0.05) is 25.9 Å². The van der Waals surface area contributed by atoms with Crippen LogP contribution in [0.5, 0.6) is 0 Å². The van der Waals surface area contributed by atoms with Crippen LogP contribution in [0.2, 0.25) is 0 Å². The molecule has 1 aromatic carbocycles. The largest absolute Gasteiger partial charge is 0.371 e. The minimum absolute atomic E-state index is 0.120. The zero-order valence-electron chi connectivity index (χ0n) is 14.0. The fourth-order valence-electron chi connectivity index (χ4n) is 3.23. The molecule has 0 spiro atoms. The highest BCUT2D eigenvalue weighted by molar-refractivity contribution is 5.79. The van der Waals surface area contributed by atoms with Crippen LogP contribution in [0.1, 0.15) is 32.1 Å². The topological polar surface area (TPSA) is 47.4 Å². The lowest BCUT2D eigenvalue weighted by atomic mass is 9.97. The second-order valence-electron chi connectivity index (χ2n) is 5.84. The lowest BCUT2D eigenvalue weighted by Gasteiger charge is -2.26. The van der Waals surface area contributed by atoms with Crippen LogP contribution in [0.25, 0.3) is 5.69 Å². The standard InChI is InChI=1S/C18H22FN3O2/c1-3-21(4-2)18(23)15-10-12-24-17(15)16-9-11-20-22(16)14-7-5-13(19)6-8-14/h5-9,11,15,17H,3-4,10,12H2,1-2H3/t15-,17-/m0/s1. The maximum Gasteiger partial charge on any atom is 0.228 e. The molecule has 24 heavy (non-hydrogen) atoms. The second kappa shape index (κ2) is 7.13. The lowest BCUT2D eigenvalue weighted by Crippen LogP contribution is -2.37. The molecule has 2 aromatic rings. The molecule has 1 saturated heterocycles. The smallest absolute Gasteiger partial charge is 0.228 e. The number of ether oxygens (including phenoxy) is 1. The molecule has 2 atom stereocenters. The van der Waals surface area contributed by atoms with Gasteiger partial charge in [0.05, 0.1) is 17.3 Å². The summed E-state index contributed by atoms with van der Waals surface area (Å²) in [6, 6.07) is 8.00. The van der Waals surface area contributed by atoms with Crippen molar-refractivity contribution in [3.05, 3.63) is 48.0 Å². The summed E-state index contributed by atoms with van der Waals surface area (Å²) in [4.78, 5) is 14.6. The Bertz CT molecular complexity index is 695. The van der Waals surface area contributed by atoms with Crippen molar-refractivity contribution in [3.63, 3.8) is 0 Å². The number of hydrogen-bond donors (Lipinski definition) is 0. The highest BCUT2D eigenvalue weighted by atomic mass is 19.1. The minimum atomic E-state index is -0.328. The van der Waals surface area contributed by atoms with Crippen molar-refractivity contribution in [1.82, 2.24) is 14.7 Å². The molecule has 0 saturated carbocycles. The molecule has 0 N–H and O–H groups in total.